The van der Waals surface area contributed by atoms with Crippen LogP contribution in [0.3, 0.4) is 0 Å². The number of nitrogens with one attached hydrogen (secondary N) is 2. The van der Waals surface area contributed by atoms with Gasteiger partial charge in [-0.05, 0) is 37.1 Å². The summed E-state index contributed by atoms with van der Waals surface area (Å²) in [6, 6.07) is 6.34. The van der Waals surface area contributed by atoms with Crippen molar-refractivity contribution < 1.29 is 0 Å². The Bertz CT molecular complexity index is 807. The second-order valence-corrected chi connectivity index (χ2v) is 5.21. The highest BCUT2D eigenvalue weighted by Gasteiger charge is 2.14. The third-order valence-electron chi connectivity index (χ3n) is 3.89. The predicted molar refractivity (Wildman–Crippen MR) is 80.7 cm³/mol. The minimum atomic E-state index is 0.741. The van der Waals surface area contributed by atoms with Crippen molar-refractivity contribution in [2.24, 2.45) is 0 Å². The molecule has 0 amide bonds. The van der Waals surface area contributed by atoms with Crippen LogP contribution in [-0.2, 0) is 13.0 Å². The minimum Gasteiger partial charge on any atom is -0.337 e. The fourth-order valence-corrected chi connectivity index (χ4v) is 2.81. The quantitative estimate of drug-likeness (QED) is 0.749. The lowest BCUT2D eigenvalue weighted by Gasteiger charge is -2.20. The molecule has 0 atom stereocenters. The van der Waals surface area contributed by atoms with Crippen molar-refractivity contribution >= 4 is 17.2 Å². The second kappa shape index (κ2) is 4.82. The molecule has 21 heavy (non-hydrogen) atoms. The SMILES string of the molecule is Cc1nnc2c(Nc3cccc4c3CCNC4)nccn12. The Hall–Kier alpha value is -2.47. The summed E-state index contributed by atoms with van der Waals surface area (Å²) < 4.78 is 1.94. The number of aryl methyl sites for hydroxylation is 1. The summed E-state index contributed by atoms with van der Waals surface area (Å²) in [6.45, 7) is 3.86. The molecule has 1 aliphatic heterocycles. The highest BCUT2D eigenvalue weighted by atomic mass is 15.3. The number of hydrogen-bond acceptors (Lipinski definition) is 5. The first-order valence-electron chi connectivity index (χ1n) is 7.08. The molecule has 0 fully saturated rings. The fraction of sp³-hybridized carbons (Fsp3) is 0.267. The van der Waals surface area contributed by atoms with Crippen LogP contribution in [0.25, 0.3) is 5.65 Å². The standard InChI is InChI=1S/C15H16N6/c1-10-19-20-15-14(17-7-8-21(10)15)18-13-4-2-3-11-9-16-6-5-12(11)13/h2-4,7-8,16H,5-6,9H2,1H3,(H,17,18). The Morgan fingerprint density at radius 2 is 2.24 bits per heavy atom. The van der Waals surface area contributed by atoms with Gasteiger partial charge in [-0.3, -0.25) is 4.40 Å². The summed E-state index contributed by atoms with van der Waals surface area (Å²) >= 11 is 0. The zero-order valence-corrected chi connectivity index (χ0v) is 11.8. The molecule has 4 rings (SSSR count). The lowest BCUT2D eigenvalue weighted by molar-refractivity contribution is 0.645. The van der Waals surface area contributed by atoms with Gasteiger partial charge in [-0.15, -0.1) is 10.2 Å². The van der Waals surface area contributed by atoms with Gasteiger partial charge in [0, 0.05) is 24.6 Å². The van der Waals surface area contributed by atoms with E-state index in [-0.39, 0.29) is 0 Å². The van der Waals surface area contributed by atoms with E-state index in [9.17, 15) is 0 Å². The number of anilines is 2. The topological polar surface area (TPSA) is 67.1 Å². The van der Waals surface area contributed by atoms with E-state index in [2.05, 4.69) is 44.0 Å². The number of nitrogens with zero attached hydrogens (tertiary/aromatic N) is 4. The third kappa shape index (κ3) is 2.04. The van der Waals surface area contributed by atoms with Crippen molar-refractivity contribution in [1.29, 1.82) is 0 Å². The van der Waals surface area contributed by atoms with Gasteiger partial charge in [-0.2, -0.15) is 0 Å². The molecule has 3 heterocycles. The Balaban J connectivity index is 1.78. The second-order valence-electron chi connectivity index (χ2n) is 5.21. The van der Waals surface area contributed by atoms with E-state index in [4.69, 9.17) is 0 Å². The maximum absolute atomic E-state index is 4.41. The fourth-order valence-electron chi connectivity index (χ4n) is 2.81. The summed E-state index contributed by atoms with van der Waals surface area (Å²) in [5.74, 6) is 1.60. The first-order valence-corrected chi connectivity index (χ1v) is 7.08. The number of rotatable bonds is 2. The molecule has 0 unspecified atom stereocenters. The van der Waals surface area contributed by atoms with Crippen LogP contribution in [0.5, 0.6) is 0 Å². The van der Waals surface area contributed by atoms with Crippen molar-refractivity contribution in [3.8, 4) is 0 Å². The van der Waals surface area contributed by atoms with Crippen molar-refractivity contribution in [3.63, 3.8) is 0 Å². The van der Waals surface area contributed by atoms with Crippen LogP contribution in [0.2, 0.25) is 0 Å². The monoisotopic (exact) mass is 280 g/mol. The summed E-state index contributed by atoms with van der Waals surface area (Å²) in [7, 11) is 0. The maximum atomic E-state index is 4.41. The van der Waals surface area contributed by atoms with Gasteiger partial charge < -0.3 is 10.6 Å². The molecule has 0 bridgehead atoms. The van der Waals surface area contributed by atoms with Crippen LogP contribution >= 0.6 is 0 Å². The van der Waals surface area contributed by atoms with E-state index in [1.54, 1.807) is 6.20 Å². The van der Waals surface area contributed by atoms with Crippen LogP contribution < -0.4 is 10.6 Å². The average Bonchev–Trinajstić information content (AvgIpc) is 2.90. The van der Waals surface area contributed by atoms with Crippen LogP contribution in [-0.4, -0.2) is 26.1 Å². The molecular formula is C15H16N6. The Morgan fingerprint density at radius 3 is 3.19 bits per heavy atom. The molecule has 1 aromatic carbocycles. The highest BCUT2D eigenvalue weighted by Crippen LogP contribution is 2.26. The molecule has 106 valence electrons. The Morgan fingerprint density at radius 1 is 1.29 bits per heavy atom. The van der Waals surface area contributed by atoms with Gasteiger partial charge in [-0.25, -0.2) is 4.98 Å². The van der Waals surface area contributed by atoms with E-state index < -0.39 is 0 Å². The molecule has 0 saturated heterocycles. The number of hydrogen-bond donors (Lipinski definition) is 2. The van der Waals surface area contributed by atoms with Crippen LogP contribution in [0, 0.1) is 6.92 Å². The van der Waals surface area contributed by atoms with Crippen molar-refractivity contribution in [2.75, 3.05) is 11.9 Å². The molecule has 6 nitrogen and oxygen atoms in total. The van der Waals surface area contributed by atoms with E-state index in [1.165, 1.54) is 11.1 Å². The number of aromatic nitrogens is 4. The van der Waals surface area contributed by atoms with Crippen LogP contribution in [0.4, 0.5) is 11.5 Å². The van der Waals surface area contributed by atoms with Gasteiger partial charge in [0.1, 0.15) is 5.82 Å². The maximum Gasteiger partial charge on any atom is 0.204 e. The van der Waals surface area contributed by atoms with Gasteiger partial charge in [-0.1, -0.05) is 12.1 Å². The molecule has 0 spiro atoms. The minimum absolute atomic E-state index is 0.741. The first-order chi connectivity index (χ1) is 10.3. The Kier molecular flexibility index (Phi) is 2.82. The number of fused-ring (bicyclic) bond motifs is 2. The van der Waals surface area contributed by atoms with Gasteiger partial charge >= 0.3 is 0 Å². The summed E-state index contributed by atoms with van der Waals surface area (Å²) in [4.78, 5) is 4.41. The lowest BCUT2D eigenvalue weighted by atomic mass is 9.99. The molecule has 1 aliphatic rings. The summed E-state index contributed by atoms with van der Waals surface area (Å²) in [5, 5.41) is 15.1. The van der Waals surface area contributed by atoms with E-state index in [0.29, 0.717) is 0 Å². The molecule has 0 aliphatic carbocycles. The Labute approximate surface area is 122 Å². The van der Waals surface area contributed by atoms with Gasteiger partial charge in [0.25, 0.3) is 0 Å². The molecular weight excluding hydrogens is 264 g/mol. The lowest BCUT2D eigenvalue weighted by Crippen LogP contribution is -2.24. The normalized spacial score (nSPS) is 14.1. The van der Waals surface area contributed by atoms with Crippen molar-refractivity contribution in [1.82, 2.24) is 24.9 Å². The largest absolute Gasteiger partial charge is 0.337 e. The molecule has 0 radical (unpaired) electrons. The van der Waals surface area contributed by atoms with Crippen LogP contribution in [0.1, 0.15) is 17.0 Å². The molecule has 2 aromatic heterocycles. The zero-order valence-electron chi connectivity index (χ0n) is 11.8. The highest BCUT2D eigenvalue weighted by molar-refractivity contribution is 5.72. The van der Waals surface area contributed by atoms with Crippen LogP contribution in [0.15, 0.2) is 30.6 Å². The third-order valence-corrected chi connectivity index (χ3v) is 3.89. The summed E-state index contributed by atoms with van der Waals surface area (Å²) in [5.41, 5.74) is 4.56. The average molecular weight is 280 g/mol. The van der Waals surface area contributed by atoms with E-state index in [1.807, 2.05) is 17.5 Å². The smallest absolute Gasteiger partial charge is 0.204 e. The first kappa shape index (κ1) is 12.3. The molecule has 0 saturated carbocycles. The van der Waals surface area contributed by atoms with Gasteiger partial charge in [0.15, 0.2) is 5.82 Å². The van der Waals surface area contributed by atoms with Gasteiger partial charge in [0.05, 0.1) is 0 Å². The zero-order chi connectivity index (χ0) is 14.2. The van der Waals surface area contributed by atoms with Gasteiger partial charge in [0.2, 0.25) is 5.65 Å². The van der Waals surface area contributed by atoms with Crippen molar-refractivity contribution in [2.45, 2.75) is 19.9 Å². The van der Waals surface area contributed by atoms with E-state index >= 15 is 0 Å². The summed E-state index contributed by atoms with van der Waals surface area (Å²) in [6.07, 6.45) is 4.66. The van der Waals surface area contributed by atoms with Crippen molar-refractivity contribution in [3.05, 3.63) is 47.5 Å². The predicted octanol–water partition coefficient (Wildman–Crippen LogP) is 1.82. The van der Waals surface area contributed by atoms with E-state index in [0.717, 1.165) is 42.5 Å². The molecule has 2 N–H and O–H groups in total. The molecule has 6 heteroatoms. The molecule has 3 aromatic rings. The number of benzene rings is 1.